The van der Waals surface area contributed by atoms with Crippen molar-refractivity contribution < 1.29 is 8.78 Å². The van der Waals surface area contributed by atoms with Crippen molar-refractivity contribution in [2.45, 2.75) is 37.5 Å². The number of nitrogen functional groups attached to an aromatic ring is 1. The zero-order valence-electron chi connectivity index (χ0n) is 11.3. The highest BCUT2D eigenvalue weighted by Gasteiger charge is 2.37. The van der Waals surface area contributed by atoms with Crippen molar-refractivity contribution in [1.29, 1.82) is 0 Å². The molecule has 0 amide bonds. The van der Waals surface area contributed by atoms with Crippen LogP contribution in [0, 0.1) is 0 Å². The molecule has 0 unspecified atom stereocenters. The number of aromatic nitrogens is 2. The van der Waals surface area contributed by atoms with Gasteiger partial charge in [0.05, 0.1) is 11.3 Å². The number of halogens is 2. The summed E-state index contributed by atoms with van der Waals surface area (Å²) < 4.78 is 28.3. The molecule has 108 valence electrons. The fourth-order valence-corrected chi connectivity index (χ4v) is 3.62. The third-order valence-corrected chi connectivity index (χ3v) is 4.88. The van der Waals surface area contributed by atoms with E-state index in [1.165, 1.54) is 0 Å². The van der Waals surface area contributed by atoms with Gasteiger partial charge in [-0.25, -0.2) is 8.78 Å². The number of anilines is 1. The minimum atomic E-state index is -2.51. The number of rotatable bonds is 2. The van der Waals surface area contributed by atoms with Crippen LogP contribution >= 0.6 is 11.3 Å². The van der Waals surface area contributed by atoms with E-state index < -0.39 is 5.92 Å². The summed E-state index contributed by atoms with van der Waals surface area (Å²) in [5.41, 5.74) is 7.92. The summed E-state index contributed by atoms with van der Waals surface area (Å²) in [7, 11) is 1.80. The van der Waals surface area contributed by atoms with Crippen LogP contribution < -0.4 is 5.73 Å². The molecule has 3 nitrogen and oxygen atoms in total. The smallest absolute Gasteiger partial charge is 0.248 e. The van der Waals surface area contributed by atoms with Crippen molar-refractivity contribution in [3.05, 3.63) is 23.2 Å². The van der Waals surface area contributed by atoms with Crippen LogP contribution in [0.1, 0.15) is 37.3 Å². The molecule has 1 saturated carbocycles. The molecule has 0 aliphatic heterocycles. The van der Waals surface area contributed by atoms with E-state index in [-0.39, 0.29) is 18.8 Å². The Labute approximate surface area is 120 Å². The van der Waals surface area contributed by atoms with Crippen LogP contribution in [-0.2, 0) is 7.05 Å². The zero-order chi connectivity index (χ0) is 14.3. The Morgan fingerprint density at radius 3 is 2.70 bits per heavy atom. The first-order valence-electron chi connectivity index (χ1n) is 6.72. The van der Waals surface area contributed by atoms with Gasteiger partial charge in [0.1, 0.15) is 5.82 Å². The van der Waals surface area contributed by atoms with Gasteiger partial charge >= 0.3 is 0 Å². The van der Waals surface area contributed by atoms with E-state index >= 15 is 0 Å². The SMILES string of the molecule is Cn1nc(C2CCC(F)(F)CC2)c(-c2cccs2)c1N. The van der Waals surface area contributed by atoms with E-state index in [1.54, 1.807) is 23.1 Å². The van der Waals surface area contributed by atoms with Crippen LogP contribution in [0.3, 0.4) is 0 Å². The van der Waals surface area contributed by atoms with E-state index in [1.807, 2.05) is 17.5 Å². The van der Waals surface area contributed by atoms with Crippen LogP contribution in [0.25, 0.3) is 10.4 Å². The topological polar surface area (TPSA) is 43.8 Å². The van der Waals surface area contributed by atoms with Crippen molar-refractivity contribution in [3.8, 4) is 10.4 Å². The van der Waals surface area contributed by atoms with Crippen LogP contribution in [0.15, 0.2) is 17.5 Å². The quantitative estimate of drug-likeness (QED) is 0.909. The van der Waals surface area contributed by atoms with Crippen LogP contribution in [-0.4, -0.2) is 15.7 Å². The number of nitrogens with two attached hydrogens (primary N) is 1. The lowest BCUT2D eigenvalue weighted by Gasteiger charge is -2.27. The molecule has 6 heteroatoms. The van der Waals surface area contributed by atoms with Crippen LogP contribution in [0.2, 0.25) is 0 Å². The van der Waals surface area contributed by atoms with Gasteiger partial charge in [0.2, 0.25) is 5.92 Å². The average molecular weight is 297 g/mol. The maximum Gasteiger partial charge on any atom is 0.248 e. The third-order valence-electron chi connectivity index (χ3n) is 3.99. The molecule has 0 radical (unpaired) electrons. The Morgan fingerprint density at radius 2 is 2.10 bits per heavy atom. The Morgan fingerprint density at radius 1 is 1.40 bits per heavy atom. The average Bonchev–Trinajstić information content (AvgIpc) is 2.99. The summed E-state index contributed by atoms with van der Waals surface area (Å²) in [6, 6.07) is 3.96. The van der Waals surface area contributed by atoms with E-state index in [0.29, 0.717) is 18.7 Å². The molecule has 0 spiro atoms. The summed E-state index contributed by atoms with van der Waals surface area (Å²) in [4.78, 5) is 1.06. The largest absolute Gasteiger partial charge is 0.383 e. The van der Waals surface area contributed by atoms with E-state index in [4.69, 9.17) is 5.73 Å². The van der Waals surface area contributed by atoms with Crippen LogP contribution in [0.5, 0.6) is 0 Å². The van der Waals surface area contributed by atoms with Crippen LogP contribution in [0.4, 0.5) is 14.6 Å². The molecule has 2 heterocycles. The van der Waals surface area contributed by atoms with E-state index in [2.05, 4.69) is 5.10 Å². The molecule has 1 fully saturated rings. The van der Waals surface area contributed by atoms with Gasteiger partial charge in [-0.3, -0.25) is 4.68 Å². The van der Waals surface area contributed by atoms with Gasteiger partial charge in [-0.05, 0) is 24.3 Å². The molecule has 3 rings (SSSR count). The first-order valence-corrected chi connectivity index (χ1v) is 7.60. The minimum Gasteiger partial charge on any atom is -0.383 e. The molecule has 0 saturated heterocycles. The fraction of sp³-hybridized carbons (Fsp3) is 0.500. The summed E-state index contributed by atoms with van der Waals surface area (Å²) in [5, 5.41) is 6.48. The Hall–Kier alpha value is -1.43. The zero-order valence-corrected chi connectivity index (χ0v) is 12.1. The highest BCUT2D eigenvalue weighted by molar-refractivity contribution is 7.13. The number of nitrogens with zero attached hydrogens (tertiary/aromatic N) is 2. The molecule has 0 bridgehead atoms. The number of alkyl halides is 2. The normalized spacial score (nSPS) is 19.4. The van der Waals surface area contributed by atoms with Gasteiger partial charge in [-0.2, -0.15) is 5.10 Å². The van der Waals surface area contributed by atoms with Crippen molar-refractivity contribution >= 4 is 17.2 Å². The van der Waals surface area contributed by atoms with Gasteiger partial charge in [0.15, 0.2) is 0 Å². The second kappa shape index (κ2) is 4.84. The predicted octanol–water partition coefficient (Wildman–Crippen LogP) is 4.02. The number of hydrogen-bond donors (Lipinski definition) is 1. The summed E-state index contributed by atoms with van der Waals surface area (Å²) in [5.74, 6) is -1.82. The van der Waals surface area contributed by atoms with Crippen molar-refractivity contribution in [3.63, 3.8) is 0 Å². The van der Waals surface area contributed by atoms with Gasteiger partial charge in [0, 0.05) is 30.7 Å². The molecule has 2 N–H and O–H groups in total. The first-order chi connectivity index (χ1) is 9.48. The second-order valence-electron chi connectivity index (χ2n) is 5.38. The molecular weight excluding hydrogens is 280 g/mol. The molecule has 2 aromatic rings. The highest BCUT2D eigenvalue weighted by Crippen LogP contribution is 2.45. The van der Waals surface area contributed by atoms with Gasteiger partial charge < -0.3 is 5.73 Å². The third kappa shape index (κ3) is 2.32. The lowest BCUT2D eigenvalue weighted by Crippen LogP contribution is -2.24. The van der Waals surface area contributed by atoms with Gasteiger partial charge in [-0.1, -0.05) is 6.07 Å². The maximum absolute atomic E-state index is 13.3. The van der Waals surface area contributed by atoms with Crippen molar-refractivity contribution in [2.24, 2.45) is 7.05 Å². The highest BCUT2D eigenvalue weighted by atomic mass is 32.1. The lowest BCUT2D eigenvalue weighted by molar-refractivity contribution is -0.0384. The van der Waals surface area contributed by atoms with E-state index in [9.17, 15) is 8.78 Å². The Bertz CT molecular complexity index is 594. The molecular formula is C14H17F2N3S. The lowest BCUT2D eigenvalue weighted by atomic mass is 9.83. The summed E-state index contributed by atoms with van der Waals surface area (Å²) >= 11 is 1.60. The molecule has 0 atom stereocenters. The van der Waals surface area contributed by atoms with Gasteiger partial charge in [-0.15, -0.1) is 11.3 Å². The summed E-state index contributed by atoms with van der Waals surface area (Å²) in [6.45, 7) is 0. The first kappa shape index (κ1) is 13.5. The maximum atomic E-state index is 13.3. The number of thiophene rings is 1. The number of aryl methyl sites for hydroxylation is 1. The predicted molar refractivity (Wildman–Crippen MR) is 77.1 cm³/mol. The molecule has 1 aliphatic carbocycles. The Balaban J connectivity index is 1.97. The molecule has 20 heavy (non-hydrogen) atoms. The monoisotopic (exact) mass is 297 g/mol. The van der Waals surface area contributed by atoms with E-state index in [0.717, 1.165) is 16.1 Å². The standard InChI is InChI=1S/C14H17F2N3S/c1-19-13(17)11(10-3-2-8-20-10)12(18-19)9-4-6-14(15,16)7-5-9/h2-3,8-9H,4-7,17H2,1H3. The van der Waals surface area contributed by atoms with Crippen molar-refractivity contribution in [1.82, 2.24) is 9.78 Å². The molecule has 0 aromatic carbocycles. The fourth-order valence-electron chi connectivity index (χ4n) is 2.83. The van der Waals surface area contributed by atoms with Crippen molar-refractivity contribution in [2.75, 3.05) is 5.73 Å². The number of hydrogen-bond acceptors (Lipinski definition) is 3. The summed E-state index contributed by atoms with van der Waals surface area (Å²) in [6.07, 6.45) is 0.833. The van der Waals surface area contributed by atoms with Gasteiger partial charge in [0.25, 0.3) is 0 Å². The second-order valence-corrected chi connectivity index (χ2v) is 6.32. The molecule has 1 aliphatic rings. The Kier molecular flexibility index (Phi) is 3.28. The molecule has 2 aromatic heterocycles. The minimum absolute atomic E-state index is 0.0575.